The van der Waals surface area contributed by atoms with E-state index in [1.54, 1.807) is 25.1 Å². The minimum absolute atomic E-state index is 0.0921. The molecule has 0 saturated carbocycles. The average molecular weight is 288 g/mol. The molecule has 0 atom stereocenters. The molecule has 0 aromatic heterocycles. The number of hydrogen-bond acceptors (Lipinski definition) is 5. The van der Waals surface area contributed by atoms with Gasteiger partial charge in [-0.3, -0.25) is 10.1 Å². The third-order valence-electron chi connectivity index (χ3n) is 3.34. The van der Waals surface area contributed by atoms with Gasteiger partial charge in [-0.25, -0.2) is 0 Å². The Hall–Kier alpha value is -2.60. The van der Waals surface area contributed by atoms with Crippen LogP contribution in [0.1, 0.15) is 16.7 Å². The molecule has 0 heterocycles. The Morgan fingerprint density at radius 2 is 1.71 bits per heavy atom. The molecule has 0 aliphatic rings. The number of benzene rings is 2. The van der Waals surface area contributed by atoms with Crippen molar-refractivity contribution in [3.05, 3.63) is 63.2 Å². The van der Waals surface area contributed by atoms with Crippen molar-refractivity contribution in [2.45, 2.75) is 20.0 Å². The van der Waals surface area contributed by atoms with Crippen molar-refractivity contribution < 1.29 is 15.1 Å². The summed E-state index contributed by atoms with van der Waals surface area (Å²) in [5.41, 5.74) is 2.10. The smallest absolute Gasteiger partial charge is 0.272 e. The van der Waals surface area contributed by atoms with Gasteiger partial charge in [0.05, 0.1) is 4.92 Å². The largest absolute Gasteiger partial charge is 0.504 e. The van der Waals surface area contributed by atoms with Crippen molar-refractivity contribution in [2.24, 2.45) is 0 Å². The van der Waals surface area contributed by atoms with E-state index in [1.165, 1.54) is 12.1 Å². The molecular formula is C15H16N2O4. The van der Waals surface area contributed by atoms with Crippen LogP contribution in [0.2, 0.25) is 0 Å². The summed E-state index contributed by atoms with van der Waals surface area (Å²) in [6.45, 7) is 2.49. The Bertz CT molecular complexity index is 671. The molecule has 0 unspecified atom stereocenters. The number of rotatable bonds is 5. The molecule has 0 saturated heterocycles. The van der Waals surface area contributed by atoms with Crippen LogP contribution in [0.3, 0.4) is 0 Å². The maximum atomic E-state index is 10.9. The van der Waals surface area contributed by atoms with Crippen molar-refractivity contribution in [2.75, 3.05) is 0 Å². The third kappa shape index (κ3) is 3.29. The van der Waals surface area contributed by atoms with Crippen molar-refractivity contribution in [3.63, 3.8) is 0 Å². The molecule has 3 N–H and O–H groups in total. The van der Waals surface area contributed by atoms with Gasteiger partial charge in [-0.05, 0) is 18.6 Å². The maximum absolute atomic E-state index is 10.9. The topological polar surface area (TPSA) is 95.6 Å². The Labute approximate surface area is 121 Å². The summed E-state index contributed by atoms with van der Waals surface area (Å²) in [7, 11) is 0. The fraction of sp³-hybridized carbons (Fsp3) is 0.200. The summed E-state index contributed by atoms with van der Waals surface area (Å²) >= 11 is 0. The fourth-order valence-electron chi connectivity index (χ4n) is 2.11. The van der Waals surface area contributed by atoms with Crippen LogP contribution in [-0.2, 0) is 13.1 Å². The molecule has 2 aromatic carbocycles. The first kappa shape index (κ1) is 14.8. The molecule has 2 rings (SSSR count). The standard InChI is InChI=1S/C15H16N2O4/c1-10-11(4-2-6-13(10)17(20)21)8-16-9-12-5-3-7-14(18)15(12)19/h2-7,16,18-19H,8-9H2,1H3. The van der Waals surface area contributed by atoms with E-state index in [2.05, 4.69) is 5.32 Å². The lowest BCUT2D eigenvalue weighted by Gasteiger charge is -2.10. The molecule has 0 bridgehead atoms. The van der Waals surface area contributed by atoms with Crippen molar-refractivity contribution in [1.29, 1.82) is 0 Å². The van der Waals surface area contributed by atoms with Crippen molar-refractivity contribution in [3.8, 4) is 11.5 Å². The Balaban J connectivity index is 2.06. The number of nitrogens with one attached hydrogen (secondary N) is 1. The van der Waals surface area contributed by atoms with E-state index >= 15 is 0 Å². The van der Waals surface area contributed by atoms with Gasteiger partial charge in [0, 0.05) is 30.3 Å². The van der Waals surface area contributed by atoms with E-state index in [9.17, 15) is 20.3 Å². The highest BCUT2D eigenvalue weighted by Gasteiger charge is 2.13. The lowest BCUT2D eigenvalue weighted by atomic mass is 10.1. The number of phenolic OH excluding ortho intramolecular Hbond substituents is 2. The molecule has 0 fully saturated rings. The van der Waals surface area contributed by atoms with Crippen LogP contribution in [0.4, 0.5) is 5.69 Å². The van der Waals surface area contributed by atoms with Crippen LogP contribution in [-0.4, -0.2) is 15.1 Å². The lowest BCUT2D eigenvalue weighted by Crippen LogP contribution is -2.14. The predicted molar refractivity (Wildman–Crippen MR) is 78.1 cm³/mol. The van der Waals surface area contributed by atoms with E-state index in [0.717, 1.165) is 5.56 Å². The highest BCUT2D eigenvalue weighted by Crippen LogP contribution is 2.28. The summed E-state index contributed by atoms with van der Waals surface area (Å²) < 4.78 is 0. The second-order valence-electron chi connectivity index (χ2n) is 4.71. The van der Waals surface area contributed by atoms with Crippen LogP contribution in [0.25, 0.3) is 0 Å². The maximum Gasteiger partial charge on any atom is 0.272 e. The van der Waals surface area contributed by atoms with Gasteiger partial charge in [0.15, 0.2) is 11.5 Å². The van der Waals surface area contributed by atoms with Crippen LogP contribution in [0.15, 0.2) is 36.4 Å². The Kier molecular flexibility index (Phi) is 4.39. The molecule has 0 spiro atoms. The minimum Gasteiger partial charge on any atom is -0.504 e. The molecule has 6 heteroatoms. The van der Waals surface area contributed by atoms with Crippen molar-refractivity contribution in [1.82, 2.24) is 5.32 Å². The van der Waals surface area contributed by atoms with E-state index in [0.29, 0.717) is 24.2 Å². The van der Waals surface area contributed by atoms with E-state index in [1.807, 2.05) is 6.07 Å². The van der Waals surface area contributed by atoms with Gasteiger partial charge in [-0.2, -0.15) is 0 Å². The molecule has 110 valence electrons. The molecule has 0 aliphatic carbocycles. The Morgan fingerprint density at radius 3 is 2.43 bits per heavy atom. The average Bonchev–Trinajstić information content (AvgIpc) is 2.45. The second-order valence-corrected chi connectivity index (χ2v) is 4.71. The van der Waals surface area contributed by atoms with Gasteiger partial charge in [-0.15, -0.1) is 0 Å². The molecule has 0 amide bonds. The quantitative estimate of drug-likeness (QED) is 0.446. The number of nitro benzene ring substituents is 1. The van der Waals surface area contributed by atoms with Gasteiger partial charge in [-0.1, -0.05) is 24.3 Å². The summed E-state index contributed by atoms with van der Waals surface area (Å²) in [5.74, 6) is -0.318. The van der Waals surface area contributed by atoms with Gasteiger partial charge < -0.3 is 15.5 Å². The molecule has 0 radical (unpaired) electrons. The van der Waals surface area contributed by atoms with E-state index < -0.39 is 4.92 Å². The number of para-hydroxylation sites is 1. The molecule has 0 aliphatic heterocycles. The minimum atomic E-state index is -0.403. The molecule has 6 nitrogen and oxygen atoms in total. The number of phenols is 2. The first-order valence-electron chi connectivity index (χ1n) is 6.44. The Morgan fingerprint density at radius 1 is 1.10 bits per heavy atom. The van der Waals surface area contributed by atoms with Crippen LogP contribution in [0, 0.1) is 17.0 Å². The zero-order valence-electron chi connectivity index (χ0n) is 11.5. The van der Waals surface area contributed by atoms with Gasteiger partial charge in [0.25, 0.3) is 5.69 Å². The van der Waals surface area contributed by atoms with E-state index in [4.69, 9.17) is 0 Å². The lowest BCUT2D eigenvalue weighted by molar-refractivity contribution is -0.385. The van der Waals surface area contributed by atoms with E-state index in [-0.39, 0.29) is 17.2 Å². The predicted octanol–water partition coefficient (Wildman–Crippen LogP) is 2.60. The summed E-state index contributed by atoms with van der Waals surface area (Å²) in [5, 5.41) is 33.1. The zero-order valence-corrected chi connectivity index (χ0v) is 11.5. The van der Waals surface area contributed by atoms with Gasteiger partial charge in [0.1, 0.15) is 0 Å². The van der Waals surface area contributed by atoms with Crippen molar-refractivity contribution >= 4 is 5.69 Å². The first-order chi connectivity index (χ1) is 10.0. The highest BCUT2D eigenvalue weighted by atomic mass is 16.6. The number of nitrogens with zero attached hydrogens (tertiary/aromatic N) is 1. The SMILES string of the molecule is Cc1c(CNCc2cccc(O)c2O)cccc1[N+](=O)[O-]. The first-order valence-corrected chi connectivity index (χ1v) is 6.44. The molecular weight excluding hydrogens is 272 g/mol. The van der Waals surface area contributed by atoms with Gasteiger partial charge >= 0.3 is 0 Å². The fourth-order valence-corrected chi connectivity index (χ4v) is 2.11. The number of nitro groups is 1. The number of aromatic hydroxyl groups is 2. The van der Waals surface area contributed by atoms with Gasteiger partial charge in [0.2, 0.25) is 0 Å². The molecule has 2 aromatic rings. The summed E-state index contributed by atoms with van der Waals surface area (Å²) in [6, 6.07) is 9.68. The second kappa shape index (κ2) is 6.23. The third-order valence-corrected chi connectivity index (χ3v) is 3.34. The van der Waals surface area contributed by atoms with Crippen LogP contribution >= 0.6 is 0 Å². The summed E-state index contributed by atoms with van der Waals surface area (Å²) in [6.07, 6.45) is 0. The van der Waals surface area contributed by atoms with Crippen LogP contribution in [0.5, 0.6) is 11.5 Å². The number of hydrogen-bond donors (Lipinski definition) is 3. The zero-order chi connectivity index (χ0) is 15.4. The summed E-state index contributed by atoms with van der Waals surface area (Å²) in [4.78, 5) is 10.5. The highest BCUT2D eigenvalue weighted by molar-refractivity contribution is 5.45. The normalized spacial score (nSPS) is 10.5. The van der Waals surface area contributed by atoms with Crippen LogP contribution < -0.4 is 5.32 Å². The molecule has 21 heavy (non-hydrogen) atoms. The monoisotopic (exact) mass is 288 g/mol.